The second-order valence-electron chi connectivity index (χ2n) is 6.53. The van der Waals surface area contributed by atoms with Gasteiger partial charge in [0.05, 0.1) is 23.9 Å². The zero-order valence-corrected chi connectivity index (χ0v) is 17.3. The van der Waals surface area contributed by atoms with Crippen LogP contribution in [0, 0.1) is 0 Å². The molecular weight excluding hydrogens is 422 g/mol. The molecule has 0 saturated heterocycles. The molecule has 0 amide bonds. The molecule has 1 heterocycles. The maximum atomic E-state index is 12.6. The van der Waals surface area contributed by atoms with Gasteiger partial charge in [0.25, 0.3) is 0 Å². The summed E-state index contributed by atoms with van der Waals surface area (Å²) in [6.45, 7) is -2.90. The fraction of sp³-hybridized carbons (Fsp3) is 0.130. The maximum Gasteiger partial charge on any atom is 0.387 e. The number of rotatable bonds is 8. The fourth-order valence-electron chi connectivity index (χ4n) is 3.12. The predicted octanol–water partition coefficient (Wildman–Crippen LogP) is 5.61. The van der Waals surface area contributed by atoms with Crippen LogP contribution in [0.25, 0.3) is 16.7 Å². The molecule has 0 fully saturated rings. The van der Waals surface area contributed by atoms with Crippen molar-refractivity contribution in [3.8, 4) is 17.2 Å². The molecule has 0 atom stereocenters. The lowest BCUT2D eigenvalue weighted by atomic mass is 10.1. The van der Waals surface area contributed by atoms with E-state index in [0.717, 1.165) is 22.5 Å². The second-order valence-corrected chi connectivity index (χ2v) is 7.47. The Kier molecular flexibility index (Phi) is 6.18. The number of thioether (sulfide) groups is 1. The number of methoxy groups -OCH3 is 1. The van der Waals surface area contributed by atoms with Crippen LogP contribution in [0.4, 0.5) is 8.78 Å². The van der Waals surface area contributed by atoms with E-state index in [0.29, 0.717) is 10.7 Å². The molecular formula is C23H18F2N2O3S. The quantitative estimate of drug-likeness (QED) is 0.263. The third kappa shape index (κ3) is 4.69. The molecule has 4 rings (SSSR count). The molecule has 0 bridgehead atoms. The van der Waals surface area contributed by atoms with E-state index in [1.807, 2.05) is 53.1 Å². The topological polar surface area (TPSA) is 53.4 Å². The van der Waals surface area contributed by atoms with Crippen LogP contribution >= 0.6 is 11.8 Å². The Balaban J connectivity index is 1.57. The van der Waals surface area contributed by atoms with E-state index in [1.165, 1.54) is 36.0 Å². The number of hydrogen-bond acceptors (Lipinski definition) is 5. The third-order valence-corrected chi connectivity index (χ3v) is 5.53. The minimum atomic E-state index is -2.90. The molecule has 8 heteroatoms. The molecule has 0 N–H and O–H groups in total. The zero-order chi connectivity index (χ0) is 21.8. The Bertz CT molecular complexity index is 1190. The molecule has 0 aliphatic heterocycles. The average Bonchev–Trinajstić information content (AvgIpc) is 3.16. The summed E-state index contributed by atoms with van der Waals surface area (Å²) in [5, 5.41) is 0.678. The number of carbonyl (C=O) groups excluding carboxylic acids is 1. The molecule has 3 aromatic carbocycles. The Morgan fingerprint density at radius 3 is 2.35 bits per heavy atom. The Morgan fingerprint density at radius 2 is 1.68 bits per heavy atom. The van der Waals surface area contributed by atoms with Gasteiger partial charge in [0.1, 0.15) is 11.5 Å². The Morgan fingerprint density at radius 1 is 1.00 bits per heavy atom. The summed E-state index contributed by atoms with van der Waals surface area (Å²) in [4.78, 5) is 17.3. The molecule has 0 aliphatic rings. The van der Waals surface area contributed by atoms with Crippen molar-refractivity contribution < 1.29 is 23.0 Å². The van der Waals surface area contributed by atoms with Crippen LogP contribution in [0.5, 0.6) is 11.5 Å². The number of benzene rings is 3. The van der Waals surface area contributed by atoms with E-state index in [-0.39, 0.29) is 17.3 Å². The summed E-state index contributed by atoms with van der Waals surface area (Å²) in [7, 11) is 1.61. The van der Waals surface area contributed by atoms with Crippen molar-refractivity contribution in [3.63, 3.8) is 0 Å². The number of ether oxygens (including phenoxy) is 2. The first kappa shape index (κ1) is 20.9. The van der Waals surface area contributed by atoms with Gasteiger partial charge in [-0.15, -0.1) is 0 Å². The van der Waals surface area contributed by atoms with Crippen molar-refractivity contribution in [2.24, 2.45) is 0 Å². The average molecular weight is 440 g/mol. The van der Waals surface area contributed by atoms with Crippen LogP contribution in [0.3, 0.4) is 0 Å². The van der Waals surface area contributed by atoms with E-state index in [4.69, 9.17) is 4.74 Å². The number of aromatic nitrogens is 2. The lowest BCUT2D eigenvalue weighted by molar-refractivity contribution is -0.0498. The van der Waals surface area contributed by atoms with Crippen LogP contribution in [0.15, 0.2) is 78.0 Å². The highest BCUT2D eigenvalue weighted by Crippen LogP contribution is 2.29. The van der Waals surface area contributed by atoms with E-state index < -0.39 is 6.61 Å². The van der Waals surface area contributed by atoms with Gasteiger partial charge in [-0.2, -0.15) is 8.78 Å². The Labute approximate surface area is 181 Å². The van der Waals surface area contributed by atoms with Gasteiger partial charge in [0.15, 0.2) is 10.9 Å². The number of ketones is 1. The number of carbonyl (C=O) groups is 1. The fourth-order valence-corrected chi connectivity index (χ4v) is 4.04. The minimum Gasteiger partial charge on any atom is -0.497 e. The molecule has 0 aliphatic carbocycles. The van der Waals surface area contributed by atoms with Crippen molar-refractivity contribution in [1.29, 1.82) is 0 Å². The van der Waals surface area contributed by atoms with Gasteiger partial charge in [0.2, 0.25) is 0 Å². The number of hydrogen-bond donors (Lipinski definition) is 0. The molecule has 0 saturated carbocycles. The van der Waals surface area contributed by atoms with Crippen molar-refractivity contribution >= 4 is 28.6 Å². The number of imidazole rings is 1. The van der Waals surface area contributed by atoms with E-state index in [1.54, 1.807) is 7.11 Å². The molecule has 31 heavy (non-hydrogen) atoms. The first-order chi connectivity index (χ1) is 15.0. The first-order valence-corrected chi connectivity index (χ1v) is 10.4. The van der Waals surface area contributed by atoms with Crippen LogP contribution in [-0.4, -0.2) is 34.8 Å². The molecule has 0 spiro atoms. The van der Waals surface area contributed by atoms with Crippen LogP contribution < -0.4 is 9.47 Å². The van der Waals surface area contributed by atoms with Gasteiger partial charge < -0.3 is 9.47 Å². The Hall–Kier alpha value is -3.39. The third-order valence-electron chi connectivity index (χ3n) is 4.59. The summed E-state index contributed by atoms with van der Waals surface area (Å²) in [6.07, 6.45) is 0. The minimum absolute atomic E-state index is 0.0144. The van der Waals surface area contributed by atoms with Crippen LogP contribution in [-0.2, 0) is 0 Å². The van der Waals surface area contributed by atoms with Gasteiger partial charge in [0, 0.05) is 11.3 Å². The largest absolute Gasteiger partial charge is 0.497 e. The van der Waals surface area contributed by atoms with E-state index >= 15 is 0 Å². The number of para-hydroxylation sites is 2. The standard InChI is InChI=1S/C23H18F2N2O3S/c1-29-17-12-8-16(9-13-17)27-20-5-3-2-4-19(20)26-23(27)31-14-21(28)15-6-10-18(11-7-15)30-22(24)25/h2-13,22H,14H2,1H3. The number of alkyl halides is 2. The SMILES string of the molecule is COc1ccc(-n2c(SCC(=O)c3ccc(OC(F)F)cc3)nc3ccccc32)cc1. The summed E-state index contributed by atoms with van der Waals surface area (Å²) in [5.41, 5.74) is 3.07. The van der Waals surface area contributed by atoms with Gasteiger partial charge in [-0.25, -0.2) is 4.98 Å². The number of nitrogens with zero attached hydrogens (tertiary/aromatic N) is 2. The van der Waals surface area contributed by atoms with Crippen LogP contribution in [0.2, 0.25) is 0 Å². The van der Waals surface area contributed by atoms with Crippen LogP contribution in [0.1, 0.15) is 10.4 Å². The molecule has 158 valence electrons. The summed E-state index contributed by atoms with van der Waals surface area (Å²) in [5.74, 6) is 0.772. The maximum absolute atomic E-state index is 12.6. The van der Waals surface area contributed by atoms with E-state index in [9.17, 15) is 13.6 Å². The molecule has 1 aromatic heterocycles. The lowest BCUT2D eigenvalue weighted by Crippen LogP contribution is -2.05. The van der Waals surface area contributed by atoms with Gasteiger partial charge in [-0.05, 0) is 60.7 Å². The monoisotopic (exact) mass is 440 g/mol. The molecule has 5 nitrogen and oxygen atoms in total. The van der Waals surface area contributed by atoms with Gasteiger partial charge in [-0.1, -0.05) is 23.9 Å². The van der Waals surface area contributed by atoms with E-state index in [2.05, 4.69) is 9.72 Å². The normalized spacial score (nSPS) is 11.1. The summed E-state index contributed by atoms with van der Waals surface area (Å²) >= 11 is 1.32. The van der Waals surface area contributed by atoms with Crippen molar-refractivity contribution in [1.82, 2.24) is 9.55 Å². The zero-order valence-electron chi connectivity index (χ0n) is 16.5. The van der Waals surface area contributed by atoms with Crippen molar-refractivity contribution in [3.05, 3.63) is 78.4 Å². The first-order valence-electron chi connectivity index (χ1n) is 9.38. The van der Waals surface area contributed by atoms with Gasteiger partial charge >= 0.3 is 6.61 Å². The highest BCUT2D eigenvalue weighted by molar-refractivity contribution is 7.99. The second kappa shape index (κ2) is 9.18. The number of Topliss-reactive ketones (excluding diaryl/α,β-unsaturated/α-hetero) is 1. The van der Waals surface area contributed by atoms with Gasteiger partial charge in [-0.3, -0.25) is 9.36 Å². The summed E-state index contributed by atoms with van der Waals surface area (Å²) < 4.78 is 36.1. The number of fused-ring (bicyclic) bond motifs is 1. The highest BCUT2D eigenvalue weighted by Gasteiger charge is 2.15. The van der Waals surface area contributed by atoms with Crippen molar-refractivity contribution in [2.75, 3.05) is 12.9 Å². The smallest absolute Gasteiger partial charge is 0.387 e. The molecule has 4 aromatic rings. The van der Waals surface area contributed by atoms with Crippen molar-refractivity contribution in [2.45, 2.75) is 11.8 Å². The predicted molar refractivity (Wildman–Crippen MR) is 116 cm³/mol. The highest BCUT2D eigenvalue weighted by atomic mass is 32.2. The lowest BCUT2D eigenvalue weighted by Gasteiger charge is -2.10. The summed E-state index contributed by atoms with van der Waals surface area (Å²) in [6, 6.07) is 21.0. The molecule has 0 unspecified atom stereocenters. The number of halogens is 2. The molecule has 0 radical (unpaired) electrons.